The van der Waals surface area contributed by atoms with Gasteiger partial charge >= 0.3 is 0 Å². The van der Waals surface area contributed by atoms with Crippen LogP contribution in [0.5, 0.6) is 0 Å². The summed E-state index contributed by atoms with van der Waals surface area (Å²) in [5.74, 6) is -21.4. The van der Waals surface area contributed by atoms with E-state index in [1.807, 2.05) is 0 Å². The third-order valence-corrected chi connectivity index (χ3v) is 9.99. The molecule has 0 atom stereocenters. The molecule has 0 aliphatic rings. The van der Waals surface area contributed by atoms with E-state index >= 15 is 0 Å². The van der Waals surface area contributed by atoms with Crippen molar-refractivity contribution in [3.63, 3.8) is 0 Å². The van der Waals surface area contributed by atoms with Gasteiger partial charge in [-0.05, 0) is 18.1 Å². The van der Waals surface area contributed by atoms with Crippen molar-refractivity contribution in [2.45, 2.75) is 38.9 Å². The second kappa shape index (κ2) is 8.29. The van der Waals surface area contributed by atoms with Crippen LogP contribution in [-0.4, -0.2) is 8.24 Å². The maximum atomic E-state index is 14.5. The lowest BCUT2D eigenvalue weighted by Gasteiger charge is -2.32. The molecule has 0 amide bonds. The Morgan fingerprint density at radius 2 is 0.793 bits per heavy atom. The van der Waals surface area contributed by atoms with Crippen LogP contribution in [0.2, 0.25) is 18.1 Å². The van der Waals surface area contributed by atoms with Crippen LogP contribution < -0.4 is 4.98 Å². The van der Waals surface area contributed by atoms with Crippen molar-refractivity contribution in [1.29, 1.82) is 0 Å². The average Bonchev–Trinajstić information content (AvgIpc) is 2.73. The molecule has 11 heteroatoms. The largest absolute Gasteiger partial charge is 0.407 e. The van der Waals surface area contributed by atoms with Crippen LogP contribution in [0.3, 0.4) is 0 Å². The maximum absolute atomic E-state index is 14.5. The molecule has 2 aromatic rings. The lowest BCUT2D eigenvalue weighted by Crippen LogP contribution is -2.42. The maximum Gasteiger partial charge on any atom is 0.200 e. The van der Waals surface area contributed by atoms with Crippen LogP contribution in [0, 0.1) is 52.4 Å². The van der Waals surface area contributed by atoms with E-state index in [0.29, 0.717) is 18.1 Å². The molecule has 0 unspecified atom stereocenters. The lowest BCUT2D eigenvalue weighted by molar-refractivity contribution is 0.379. The Kier molecular flexibility index (Phi) is 6.60. The molecular formula is C18H16F9NSi. The van der Waals surface area contributed by atoms with E-state index in [1.54, 1.807) is 20.8 Å². The summed E-state index contributed by atoms with van der Waals surface area (Å²) < 4.78 is 126. The highest BCUT2D eigenvalue weighted by Gasteiger charge is 2.37. The van der Waals surface area contributed by atoms with Crippen molar-refractivity contribution in [3.05, 3.63) is 52.4 Å². The normalized spacial score (nSPS) is 11.9. The molecule has 160 valence electrons. The zero-order valence-corrected chi connectivity index (χ0v) is 16.5. The molecule has 0 aliphatic carbocycles. The lowest BCUT2D eigenvalue weighted by atomic mass is 10.00. The van der Waals surface area contributed by atoms with E-state index < -0.39 is 77.4 Å². The highest BCUT2D eigenvalue weighted by Crippen LogP contribution is 2.42. The first-order chi connectivity index (χ1) is 13.5. The molecule has 0 saturated carbocycles. The summed E-state index contributed by atoms with van der Waals surface area (Å²) in [5.41, 5.74) is -4.66. The summed E-state index contributed by atoms with van der Waals surface area (Å²) in [6.07, 6.45) is 0. The molecule has 2 aromatic carbocycles. The Morgan fingerprint density at radius 3 is 1.17 bits per heavy atom. The van der Waals surface area contributed by atoms with Crippen LogP contribution in [0.1, 0.15) is 20.8 Å². The van der Waals surface area contributed by atoms with Gasteiger partial charge in [0, 0.05) is 0 Å². The summed E-state index contributed by atoms with van der Waals surface area (Å²) in [5, 5.41) is 0. The van der Waals surface area contributed by atoms with Crippen LogP contribution in [0.4, 0.5) is 45.2 Å². The Hall–Kier alpha value is -2.17. The van der Waals surface area contributed by atoms with Gasteiger partial charge < -0.3 is 4.98 Å². The SMILES string of the molecule is CC[Si](CC)(CC)Nc1c(F)c(F)c(F)c(F)c1-c1c(F)c(F)c(F)c(F)c1F. The van der Waals surface area contributed by atoms with Crippen molar-refractivity contribution in [2.24, 2.45) is 0 Å². The van der Waals surface area contributed by atoms with Crippen molar-refractivity contribution >= 4 is 13.9 Å². The molecule has 0 aromatic heterocycles. The standard InChI is InChI=1S/C18H16F9NSi/c1-4-29(5-2,6-3)28-18-8(11(21)14(24)16(26)17(18)27)7-9(19)12(22)15(25)13(23)10(7)20/h28H,4-6H2,1-3H3. The van der Waals surface area contributed by atoms with Gasteiger partial charge in [0.25, 0.3) is 0 Å². The molecular weight excluding hydrogens is 429 g/mol. The summed E-state index contributed by atoms with van der Waals surface area (Å²) in [6.45, 7) is 5.04. The van der Waals surface area contributed by atoms with Gasteiger partial charge in [-0.3, -0.25) is 0 Å². The number of anilines is 1. The molecule has 2 rings (SSSR count). The van der Waals surface area contributed by atoms with Crippen LogP contribution in [0.15, 0.2) is 0 Å². The minimum Gasteiger partial charge on any atom is -0.407 e. The molecule has 0 radical (unpaired) electrons. The molecule has 0 spiro atoms. The first kappa shape index (κ1) is 23.1. The molecule has 1 nitrogen and oxygen atoms in total. The second-order valence-electron chi connectivity index (χ2n) is 6.42. The third-order valence-electron chi connectivity index (χ3n) is 5.15. The Balaban J connectivity index is 3.01. The average molecular weight is 445 g/mol. The number of hydrogen-bond acceptors (Lipinski definition) is 1. The highest BCUT2D eigenvalue weighted by molar-refractivity contribution is 6.82. The quantitative estimate of drug-likeness (QED) is 0.218. The fourth-order valence-corrected chi connectivity index (χ4v) is 5.88. The van der Waals surface area contributed by atoms with Crippen LogP contribution in [0.25, 0.3) is 11.1 Å². The van der Waals surface area contributed by atoms with E-state index in [0.717, 1.165) is 0 Å². The Labute approximate surface area is 161 Å². The van der Waals surface area contributed by atoms with Gasteiger partial charge in [-0.2, -0.15) is 0 Å². The van der Waals surface area contributed by atoms with E-state index in [4.69, 9.17) is 0 Å². The van der Waals surface area contributed by atoms with E-state index in [-0.39, 0.29) is 0 Å². The van der Waals surface area contributed by atoms with Gasteiger partial charge in [0.15, 0.2) is 54.8 Å². The zero-order chi connectivity index (χ0) is 22.3. The first-order valence-corrected chi connectivity index (χ1v) is 11.3. The van der Waals surface area contributed by atoms with Gasteiger partial charge in [-0.15, -0.1) is 0 Å². The summed E-state index contributed by atoms with van der Waals surface area (Å²) in [4.78, 5) is 2.54. The molecule has 0 heterocycles. The number of benzene rings is 2. The predicted molar refractivity (Wildman–Crippen MR) is 92.3 cm³/mol. The Morgan fingerprint density at radius 1 is 0.483 bits per heavy atom. The summed E-state index contributed by atoms with van der Waals surface area (Å²) in [6, 6.07) is 1.11. The van der Waals surface area contributed by atoms with Gasteiger partial charge in [0.2, 0.25) is 5.82 Å². The fraction of sp³-hybridized carbons (Fsp3) is 0.333. The summed E-state index contributed by atoms with van der Waals surface area (Å²) in [7, 11) is -2.74. The summed E-state index contributed by atoms with van der Waals surface area (Å²) >= 11 is 0. The molecule has 0 fully saturated rings. The fourth-order valence-electron chi connectivity index (χ4n) is 3.09. The van der Waals surface area contributed by atoms with Crippen molar-refractivity contribution < 1.29 is 39.5 Å². The van der Waals surface area contributed by atoms with Crippen molar-refractivity contribution in [2.75, 3.05) is 4.98 Å². The second-order valence-corrected chi connectivity index (χ2v) is 11.3. The molecule has 0 aliphatic heterocycles. The van der Waals surface area contributed by atoms with Gasteiger partial charge in [-0.1, -0.05) is 20.8 Å². The molecule has 29 heavy (non-hydrogen) atoms. The molecule has 0 saturated heterocycles. The van der Waals surface area contributed by atoms with E-state index in [9.17, 15) is 39.5 Å². The van der Waals surface area contributed by atoms with E-state index in [2.05, 4.69) is 4.98 Å². The zero-order valence-electron chi connectivity index (χ0n) is 15.5. The predicted octanol–water partition coefficient (Wildman–Crippen LogP) is 7.02. The number of halogens is 9. The Bertz CT molecular complexity index is 920. The van der Waals surface area contributed by atoms with Crippen molar-refractivity contribution in [1.82, 2.24) is 0 Å². The van der Waals surface area contributed by atoms with Gasteiger partial charge in [0.1, 0.15) is 0 Å². The smallest absolute Gasteiger partial charge is 0.200 e. The number of nitrogens with one attached hydrogen (secondary N) is 1. The highest BCUT2D eigenvalue weighted by atomic mass is 28.3. The van der Waals surface area contributed by atoms with E-state index in [1.165, 1.54) is 0 Å². The van der Waals surface area contributed by atoms with Gasteiger partial charge in [-0.25, -0.2) is 39.5 Å². The number of hydrogen-bond donors (Lipinski definition) is 1. The minimum absolute atomic E-state index is 0.372. The molecule has 0 bridgehead atoms. The monoisotopic (exact) mass is 445 g/mol. The minimum atomic E-state index is -2.74. The number of rotatable bonds is 6. The third kappa shape index (κ3) is 3.60. The van der Waals surface area contributed by atoms with Crippen LogP contribution >= 0.6 is 0 Å². The first-order valence-electron chi connectivity index (χ1n) is 8.63. The van der Waals surface area contributed by atoms with Crippen molar-refractivity contribution in [3.8, 4) is 11.1 Å². The van der Waals surface area contributed by atoms with Crippen LogP contribution in [-0.2, 0) is 0 Å². The molecule has 1 N–H and O–H groups in total. The van der Waals surface area contributed by atoms with Gasteiger partial charge in [0.05, 0.1) is 16.8 Å². The topological polar surface area (TPSA) is 12.0 Å².